The Labute approximate surface area is 96.9 Å². The predicted octanol–water partition coefficient (Wildman–Crippen LogP) is 1.06. The summed E-state index contributed by atoms with van der Waals surface area (Å²) in [6.45, 7) is 2.31. The molecule has 0 aliphatic carbocycles. The van der Waals surface area contributed by atoms with Crippen LogP contribution in [-0.4, -0.2) is 30.8 Å². The maximum absolute atomic E-state index is 9.43. The van der Waals surface area contributed by atoms with Gasteiger partial charge in [0.05, 0.1) is 12.6 Å². The van der Waals surface area contributed by atoms with Gasteiger partial charge in [0.2, 0.25) is 0 Å². The van der Waals surface area contributed by atoms with E-state index in [1.54, 1.807) is 0 Å². The van der Waals surface area contributed by atoms with Gasteiger partial charge in [0, 0.05) is 6.04 Å². The molecule has 1 heterocycles. The van der Waals surface area contributed by atoms with Crippen molar-refractivity contribution in [3.05, 3.63) is 35.9 Å². The third-order valence-corrected chi connectivity index (χ3v) is 3.16. The molecule has 0 saturated carbocycles. The topological polar surface area (TPSA) is 44.3 Å². The van der Waals surface area contributed by atoms with Gasteiger partial charge in [0.15, 0.2) is 0 Å². The Kier molecular flexibility index (Phi) is 4.34. The van der Waals surface area contributed by atoms with Gasteiger partial charge in [0.25, 0.3) is 0 Å². The van der Waals surface area contributed by atoms with Crippen molar-refractivity contribution in [3.8, 4) is 0 Å². The van der Waals surface area contributed by atoms with Crippen LogP contribution in [0.5, 0.6) is 0 Å². The molecule has 2 rings (SSSR count). The number of rotatable bonds is 4. The number of hydrogen-bond acceptors (Lipinski definition) is 3. The lowest BCUT2D eigenvalue weighted by Gasteiger charge is -2.28. The molecule has 1 fully saturated rings. The Morgan fingerprint density at radius 1 is 1.25 bits per heavy atom. The van der Waals surface area contributed by atoms with Gasteiger partial charge in [-0.2, -0.15) is 0 Å². The van der Waals surface area contributed by atoms with Crippen molar-refractivity contribution in [2.75, 3.05) is 19.7 Å². The van der Waals surface area contributed by atoms with Crippen LogP contribution in [0.4, 0.5) is 0 Å². The lowest BCUT2D eigenvalue weighted by Crippen LogP contribution is -2.42. The fraction of sp³-hybridized carbons (Fsp3) is 0.538. The lowest BCUT2D eigenvalue weighted by atomic mass is 10.0. The third-order valence-electron chi connectivity index (χ3n) is 3.16. The zero-order valence-corrected chi connectivity index (χ0v) is 9.52. The average molecular weight is 220 g/mol. The van der Waals surface area contributed by atoms with E-state index in [1.807, 2.05) is 18.2 Å². The van der Waals surface area contributed by atoms with Crippen molar-refractivity contribution in [2.24, 2.45) is 0 Å². The first-order valence-corrected chi connectivity index (χ1v) is 6.02. The molecule has 88 valence electrons. The van der Waals surface area contributed by atoms with Crippen molar-refractivity contribution in [1.82, 2.24) is 10.6 Å². The molecule has 0 amide bonds. The monoisotopic (exact) mass is 220 g/mol. The second-order valence-electron chi connectivity index (χ2n) is 4.34. The van der Waals surface area contributed by atoms with E-state index in [0.717, 1.165) is 25.9 Å². The molecule has 1 saturated heterocycles. The molecule has 1 aliphatic rings. The van der Waals surface area contributed by atoms with Crippen LogP contribution >= 0.6 is 0 Å². The summed E-state index contributed by atoms with van der Waals surface area (Å²) in [5.41, 5.74) is 1.17. The molecule has 3 N–H and O–H groups in total. The normalized spacial score (nSPS) is 19.6. The Morgan fingerprint density at radius 3 is 2.56 bits per heavy atom. The first-order chi connectivity index (χ1) is 7.90. The highest BCUT2D eigenvalue weighted by atomic mass is 16.3. The first kappa shape index (κ1) is 11.6. The van der Waals surface area contributed by atoms with Crippen LogP contribution in [0.3, 0.4) is 0 Å². The molecule has 1 atom stereocenters. The molecule has 16 heavy (non-hydrogen) atoms. The minimum Gasteiger partial charge on any atom is -0.394 e. The number of hydrogen-bond donors (Lipinski definition) is 3. The quantitative estimate of drug-likeness (QED) is 0.711. The van der Waals surface area contributed by atoms with E-state index in [1.165, 1.54) is 5.56 Å². The molecule has 0 unspecified atom stereocenters. The number of piperidine rings is 1. The highest BCUT2D eigenvalue weighted by molar-refractivity contribution is 5.19. The van der Waals surface area contributed by atoms with E-state index in [-0.39, 0.29) is 12.6 Å². The Balaban J connectivity index is 1.94. The Bertz CT molecular complexity index is 296. The van der Waals surface area contributed by atoms with E-state index in [4.69, 9.17) is 0 Å². The van der Waals surface area contributed by atoms with Crippen molar-refractivity contribution in [2.45, 2.75) is 24.9 Å². The fourth-order valence-electron chi connectivity index (χ4n) is 2.21. The molecular formula is C13H20N2O. The summed E-state index contributed by atoms with van der Waals surface area (Å²) < 4.78 is 0. The van der Waals surface area contributed by atoms with Crippen molar-refractivity contribution < 1.29 is 5.11 Å². The van der Waals surface area contributed by atoms with Gasteiger partial charge in [0.1, 0.15) is 0 Å². The van der Waals surface area contributed by atoms with E-state index in [9.17, 15) is 5.11 Å². The molecular weight excluding hydrogens is 200 g/mol. The van der Waals surface area contributed by atoms with Gasteiger partial charge >= 0.3 is 0 Å². The van der Waals surface area contributed by atoms with Crippen LogP contribution in [-0.2, 0) is 0 Å². The summed E-state index contributed by atoms with van der Waals surface area (Å²) in [6.07, 6.45) is 2.28. The molecule has 0 bridgehead atoms. The van der Waals surface area contributed by atoms with Crippen LogP contribution in [0.25, 0.3) is 0 Å². The second-order valence-corrected chi connectivity index (χ2v) is 4.34. The van der Waals surface area contributed by atoms with E-state index in [0.29, 0.717) is 6.04 Å². The highest BCUT2D eigenvalue weighted by Gasteiger charge is 2.17. The summed E-state index contributed by atoms with van der Waals surface area (Å²) in [7, 11) is 0. The maximum atomic E-state index is 9.43. The molecule has 3 heteroatoms. The smallest absolute Gasteiger partial charge is 0.0626 e. The van der Waals surface area contributed by atoms with Crippen molar-refractivity contribution in [3.63, 3.8) is 0 Å². The largest absolute Gasteiger partial charge is 0.394 e. The fourth-order valence-corrected chi connectivity index (χ4v) is 2.21. The zero-order chi connectivity index (χ0) is 11.2. The number of benzene rings is 1. The van der Waals surface area contributed by atoms with Gasteiger partial charge in [-0.1, -0.05) is 30.3 Å². The minimum atomic E-state index is 0.0734. The number of aliphatic hydroxyl groups excluding tert-OH is 1. The molecule has 0 aromatic heterocycles. The molecule has 0 spiro atoms. The van der Waals surface area contributed by atoms with Gasteiger partial charge in [-0.3, -0.25) is 0 Å². The number of aliphatic hydroxyl groups is 1. The molecule has 3 nitrogen and oxygen atoms in total. The summed E-state index contributed by atoms with van der Waals surface area (Å²) >= 11 is 0. The Hall–Kier alpha value is -0.900. The average Bonchev–Trinajstić information content (AvgIpc) is 2.38. The van der Waals surface area contributed by atoms with E-state index < -0.39 is 0 Å². The molecule has 0 radical (unpaired) electrons. The molecule has 1 aromatic carbocycles. The number of nitrogens with one attached hydrogen (secondary N) is 2. The molecule has 1 aromatic rings. The van der Waals surface area contributed by atoms with E-state index in [2.05, 4.69) is 22.8 Å². The van der Waals surface area contributed by atoms with Crippen LogP contribution < -0.4 is 10.6 Å². The third kappa shape index (κ3) is 3.04. The van der Waals surface area contributed by atoms with Crippen molar-refractivity contribution in [1.29, 1.82) is 0 Å². The summed E-state index contributed by atoms with van der Waals surface area (Å²) in [5, 5.41) is 16.3. The summed E-state index contributed by atoms with van der Waals surface area (Å²) in [6, 6.07) is 10.8. The van der Waals surface area contributed by atoms with Crippen LogP contribution in [0, 0.1) is 0 Å². The van der Waals surface area contributed by atoms with Crippen LogP contribution in [0.2, 0.25) is 0 Å². The zero-order valence-electron chi connectivity index (χ0n) is 9.52. The Morgan fingerprint density at radius 2 is 1.94 bits per heavy atom. The van der Waals surface area contributed by atoms with Gasteiger partial charge in [-0.25, -0.2) is 0 Å². The minimum absolute atomic E-state index is 0.0734. The predicted molar refractivity (Wildman–Crippen MR) is 65.3 cm³/mol. The van der Waals surface area contributed by atoms with Crippen LogP contribution in [0.15, 0.2) is 30.3 Å². The van der Waals surface area contributed by atoms with Gasteiger partial charge in [-0.05, 0) is 31.5 Å². The maximum Gasteiger partial charge on any atom is 0.0626 e. The first-order valence-electron chi connectivity index (χ1n) is 6.02. The SMILES string of the molecule is OC[C@@H](NC1CCNCC1)c1ccccc1. The standard InChI is InChI=1S/C13H20N2O/c16-10-13(11-4-2-1-3-5-11)15-12-6-8-14-9-7-12/h1-5,12-16H,6-10H2/t13-/m1/s1. The van der Waals surface area contributed by atoms with E-state index >= 15 is 0 Å². The summed E-state index contributed by atoms with van der Waals surface area (Å²) in [4.78, 5) is 0. The van der Waals surface area contributed by atoms with Crippen LogP contribution in [0.1, 0.15) is 24.4 Å². The van der Waals surface area contributed by atoms with Gasteiger partial charge in [-0.15, -0.1) is 0 Å². The van der Waals surface area contributed by atoms with Gasteiger partial charge < -0.3 is 15.7 Å². The molecule has 1 aliphatic heterocycles. The second kappa shape index (κ2) is 5.99. The highest BCUT2D eigenvalue weighted by Crippen LogP contribution is 2.15. The van der Waals surface area contributed by atoms with Crippen molar-refractivity contribution >= 4 is 0 Å². The summed E-state index contributed by atoms with van der Waals surface area (Å²) in [5.74, 6) is 0. The lowest BCUT2D eigenvalue weighted by molar-refractivity contribution is 0.222.